The van der Waals surface area contributed by atoms with Gasteiger partial charge in [-0.25, -0.2) is 9.97 Å². The summed E-state index contributed by atoms with van der Waals surface area (Å²) in [5, 5.41) is 2.16. The van der Waals surface area contributed by atoms with E-state index in [4.69, 9.17) is 16.5 Å². The van der Waals surface area contributed by atoms with Gasteiger partial charge in [0.25, 0.3) is 0 Å². The lowest BCUT2D eigenvalue weighted by atomic mass is 9.89. The van der Waals surface area contributed by atoms with Gasteiger partial charge in [0.1, 0.15) is 5.54 Å². The number of hydrogen-bond donors (Lipinski definition) is 2. The van der Waals surface area contributed by atoms with Crippen molar-refractivity contribution in [1.29, 1.82) is 0 Å². The Bertz CT molecular complexity index is 1000. The van der Waals surface area contributed by atoms with Crippen LogP contribution in [0.25, 0.3) is 21.3 Å². The first-order valence-electron chi connectivity index (χ1n) is 8.36. The molecule has 1 aliphatic carbocycles. The lowest BCUT2D eigenvalue weighted by Gasteiger charge is -2.26. The van der Waals surface area contributed by atoms with E-state index in [2.05, 4.69) is 41.6 Å². The second kappa shape index (κ2) is 6.10. The number of nitrogens with two attached hydrogens (primary N) is 2. The van der Waals surface area contributed by atoms with Crippen molar-refractivity contribution in [3.63, 3.8) is 0 Å². The van der Waals surface area contributed by atoms with Crippen LogP contribution >= 0.6 is 11.3 Å². The highest BCUT2D eigenvalue weighted by Crippen LogP contribution is 2.36. The molecule has 0 saturated carbocycles. The zero-order chi connectivity index (χ0) is 17.4. The van der Waals surface area contributed by atoms with Crippen LogP contribution in [0.1, 0.15) is 24.7 Å². The number of benzene rings is 1. The van der Waals surface area contributed by atoms with Crippen LogP contribution in [0.4, 0.5) is 0 Å². The molecular formula is C20H20N4S. The molecule has 0 radical (unpaired) electrons. The third kappa shape index (κ3) is 2.75. The molecule has 2 heterocycles. The van der Waals surface area contributed by atoms with E-state index in [-0.39, 0.29) is 0 Å². The fourth-order valence-corrected chi connectivity index (χ4v) is 4.15. The van der Waals surface area contributed by atoms with Crippen molar-refractivity contribution in [3.05, 3.63) is 71.2 Å². The molecule has 1 unspecified atom stereocenters. The normalized spacial score (nSPS) is 20.0. The summed E-state index contributed by atoms with van der Waals surface area (Å²) in [7, 11) is 0. The molecule has 5 heteroatoms. The summed E-state index contributed by atoms with van der Waals surface area (Å²) < 4.78 is 1.07. The van der Waals surface area contributed by atoms with Crippen LogP contribution in [0.2, 0.25) is 0 Å². The molecule has 3 aromatic rings. The van der Waals surface area contributed by atoms with Gasteiger partial charge in [0.15, 0.2) is 5.82 Å². The monoisotopic (exact) mass is 348 g/mol. The minimum absolute atomic E-state index is 0.528. The Labute approximate surface area is 150 Å². The molecule has 1 aromatic carbocycles. The molecule has 4 N–H and O–H groups in total. The van der Waals surface area contributed by atoms with E-state index in [0.717, 1.165) is 27.9 Å². The summed E-state index contributed by atoms with van der Waals surface area (Å²) in [6, 6.07) is 8.47. The SMILES string of the molecule is CCc1ccccc1-c1csc2cnc(C3(N)C=CC=C(N)C3)nc12. The average Bonchev–Trinajstić information content (AvgIpc) is 3.04. The van der Waals surface area contributed by atoms with Crippen LogP contribution in [0.3, 0.4) is 0 Å². The number of hydrogen-bond acceptors (Lipinski definition) is 5. The number of nitrogens with zero attached hydrogens (tertiary/aromatic N) is 2. The Kier molecular flexibility index (Phi) is 3.90. The van der Waals surface area contributed by atoms with Gasteiger partial charge in [-0.2, -0.15) is 0 Å². The highest BCUT2D eigenvalue weighted by atomic mass is 32.1. The van der Waals surface area contributed by atoms with Gasteiger partial charge in [-0.15, -0.1) is 11.3 Å². The first-order valence-corrected chi connectivity index (χ1v) is 9.24. The van der Waals surface area contributed by atoms with Gasteiger partial charge in [-0.1, -0.05) is 43.3 Å². The summed E-state index contributed by atoms with van der Waals surface area (Å²) in [6.45, 7) is 2.17. The fraction of sp³-hybridized carbons (Fsp3) is 0.200. The Morgan fingerprint density at radius 2 is 2.08 bits per heavy atom. The number of allylic oxidation sites excluding steroid dienone is 2. The Morgan fingerprint density at radius 3 is 2.88 bits per heavy atom. The van der Waals surface area contributed by atoms with Crippen LogP contribution in [0, 0.1) is 0 Å². The minimum Gasteiger partial charge on any atom is -0.402 e. The quantitative estimate of drug-likeness (QED) is 0.753. The number of aryl methyl sites for hydroxylation is 1. The molecule has 1 atom stereocenters. The van der Waals surface area contributed by atoms with Crippen LogP contribution in [0.5, 0.6) is 0 Å². The molecule has 0 fully saturated rings. The molecule has 4 rings (SSSR count). The van der Waals surface area contributed by atoms with E-state index < -0.39 is 5.54 Å². The highest BCUT2D eigenvalue weighted by Gasteiger charge is 2.30. The average molecular weight is 348 g/mol. The largest absolute Gasteiger partial charge is 0.402 e. The predicted octanol–water partition coefficient (Wildman–Crippen LogP) is 3.88. The molecule has 25 heavy (non-hydrogen) atoms. The zero-order valence-electron chi connectivity index (χ0n) is 14.1. The van der Waals surface area contributed by atoms with Gasteiger partial charge in [0, 0.05) is 29.3 Å². The van der Waals surface area contributed by atoms with Gasteiger partial charge >= 0.3 is 0 Å². The van der Waals surface area contributed by atoms with Crippen molar-refractivity contribution in [2.24, 2.45) is 11.5 Å². The van der Waals surface area contributed by atoms with E-state index in [0.29, 0.717) is 12.2 Å². The van der Waals surface area contributed by atoms with Crippen molar-refractivity contribution >= 4 is 21.6 Å². The summed E-state index contributed by atoms with van der Waals surface area (Å²) in [6.07, 6.45) is 9.06. The standard InChI is InChI=1S/C20H20N4S/c1-2-13-6-3-4-8-15(13)16-12-25-17-11-23-19(24-18(16)17)20(22)9-5-7-14(21)10-20/h3-9,11-12H,2,10,21-22H2,1H3. The van der Waals surface area contributed by atoms with E-state index in [1.54, 1.807) is 11.3 Å². The highest BCUT2D eigenvalue weighted by molar-refractivity contribution is 7.17. The number of aromatic nitrogens is 2. The molecule has 0 amide bonds. The summed E-state index contributed by atoms with van der Waals surface area (Å²) >= 11 is 1.66. The topological polar surface area (TPSA) is 77.8 Å². The second-order valence-corrected chi connectivity index (χ2v) is 7.30. The first-order chi connectivity index (χ1) is 12.1. The lowest BCUT2D eigenvalue weighted by Crippen LogP contribution is -2.39. The Balaban J connectivity index is 1.87. The lowest BCUT2D eigenvalue weighted by molar-refractivity contribution is 0.512. The molecule has 2 aromatic heterocycles. The van der Waals surface area contributed by atoms with Gasteiger partial charge in [0.05, 0.1) is 10.2 Å². The van der Waals surface area contributed by atoms with Crippen LogP contribution in [0.15, 0.2) is 59.8 Å². The van der Waals surface area contributed by atoms with Crippen LogP contribution in [-0.2, 0) is 12.0 Å². The van der Waals surface area contributed by atoms with Gasteiger partial charge < -0.3 is 11.5 Å². The maximum atomic E-state index is 6.55. The third-order valence-corrected chi connectivity index (χ3v) is 5.53. The van der Waals surface area contributed by atoms with Crippen molar-refractivity contribution < 1.29 is 0 Å². The second-order valence-electron chi connectivity index (χ2n) is 6.38. The number of rotatable bonds is 3. The molecule has 1 aliphatic rings. The van der Waals surface area contributed by atoms with E-state index in [1.807, 2.05) is 24.4 Å². The van der Waals surface area contributed by atoms with Crippen LogP contribution < -0.4 is 11.5 Å². The van der Waals surface area contributed by atoms with Gasteiger partial charge in [-0.05, 0) is 23.6 Å². The molecule has 4 nitrogen and oxygen atoms in total. The van der Waals surface area contributed by atoms with Gasteiger partial charge in [-0.3, -0.25) is 0 Å². The summed E-state index contributed by atoms with van der Waals surface area (Å²) in [4.78, 5) is 9.38. The Hall–Kier alpha value is -2.50. The molecular weight excluding hydrogens is 328 g/mol. The zero-order valence-corrected chi connectivity index (χ0v) is 14.9. The molecule has 0 aliphatic heterocycles. The number of fused-ring (bicyclic) bond motifs is 1. The van der Waals surface area contributed by atoms with Crippen LogP contribution in [-0.4, -0.2) is 9.97 Å². The smallest absolute Gasteiger partial charge is 0.153 e. The minimum atomic E-state index is -0.753. The van der Waals surface area contributed by atoms with Crippen molar-refractivity contribution in [3.8, 4) is 11.1 Å². The van der Waals surface area contributed by atoms with Crippen molar-refractivity contribution in [2.75, 3.05) is 0 Å². The van der Waals surface area contributed by atoms with E-state index >= 15 is 0 Å². The van der Waals surface area contributed by atoms with Gasteiger partial charge in [0.2, 0.25) is 0 Å². The van der Waals surface area contributed by atoms with Crippen molar-refractivity contribution in [2.45, 2.75) is 25.3 Å². The predicted molar refractivity (Wildman–Crippen MR) is 104 cm³/mol. The number of thiophene rings is 1. The van der Waals surface area contributed by atoms with E-state index in [9.17, 15) is 0 Å². The fourth-order valence-electron chi connectivity index (χ4n) is 3.29. The maximum absolute atomic E-state index is 6.55. The molecule has 0 bridgehead atoms. The maximum Gasteiger partial charge on any atom is 0.153 e. The van der Waals surface area contributed by atoms with Crippen molar-refractivity contribution in [1.82, 2.24) is 9.97 Å². The first kappa shape index (κ1) is 16.0. The molecule has 126 valence electrons. The van der Waals surface area contributed by atoms with E-state index in [1.165, 1.54) is 11.1 Å². The summed E-state index contributed by atoms with van der Waals surface area (Å²) in [5.74, 6) is 0.612. The third-order valence-electron chi connectivity index (χ3n) is 4.62. The Morgan fingerprint density at radius 1 is 1.24 bits per heavy atom. The molecule has 0 saturated heterocycles. The molecule has 0 spiro atoms. The summed E-state index contributed by atoms with van der Waals surface area (Å²) in [5.41, 5.74) is 17.2.